The molecule has 122 valence electrons. The van der Waals surface area contributed by atoms with Gasteiger partial charge in [-0.15, -0.1) is 0 Å². The summed E-state index contributed by atoms with van der Waals surface area (Å²) in [6.45, 7) is 4.19. The maximum atomic E-state index is 12.5. The topological polar surface area (TPSA) is 49.8 Å². The zero-order valence-corrected chi connectivity index (χ0v) is 13.8. The predicted octanol–water partition coefficient (Wildman–Crippen LogP) is 3.35. The summed E-state index contributed by atoms with van der Waals surface area (Å²) < 4.78 is 5.40. The number of ether oxygens (including phenoxy) is 1. The molecule has 1 amide bonds. The molecule has 0 aromatic heterocycles. The van der Waals surface area contributed by atoms with E-state index in [1.54, 1.807) is 18.9 Å². The molecule has 4 heteroatoms. The van der Waals surface area contributed by atoms with Gasteiger partial charge in [-0.3, -0.25) is 4.79 Å². The summed E-state index contributed by atoms with van der Waals surface area (Å²) >= 11 is 0. The van der Waals surface area contributed by atoms with Crippen LogP contribution in [0, 0.1) is 0 Å². The molecule has 0 aliphatic carbocycles. The molecule has 0 radical (unpaired) electrons. The van der Waals surface area contributed by atoms with E-state index in [9.17, 15) is 9.90 Å². The van der Waals surface area contributed by atoms with Crippen molar-refractivity contribution in [3.8, 4) is 5.75 Å². The van der Waals surface area contributed by atoms with Crippen LogP contribution in [0.4, 0.5) is 5.69 Å². The number of amides is 1. The molecule has 23 heavy (non-hydrogen) atoms. The average Bonchev–Trinajstić information content (AvgIpc) is 2.55. The fourth-order valence-corrected chi connectivity index (χ4v) is 2.39. The molecule has 0 saturated heterocycles. The first kappa shape index (κ1) is 17.0. The molecule has 0 aliphatic rings. The van der Waals surface area contributed by atoms with Gasteiger partial charge in [0.15, 0.2) is 0 Å². The molecule has 1 unspecified atom stereocenters. The number of rotatable bonds is 6. The number of anilines is 1. The summed E-state index contributed by atoms with van der Waals surface area (Å²) in [4.78, 5) is 14.0. The van der Waals surface area contributed by atoms with E-state index in [1.807, 2.05) is 61.5 Å². The van der Waals surface area contributed by atoms with Crippen LogP contribution in [0.15, 0.2) is 54.6 Å². The highest BCUT2D eigenvalue weighted by atomic mass is 16.5. The monoisotopic (exact) mass is 313 g/mol. The van der Waals surface area contributed by atoms with Crippen LogP contribution in [-0.4, -0.2) is 24.7 Å². The van der Waals surface area contributed by atoms with Gasteiger partial charge >= 0.3 is 0 Å². The van der Waals surface area contributed by atoms with Gasteiger partial charge in [0.05, 0.1) is 18.6 Å². The van der Waals surface area contributed by atoms with Crippen molar-refractivity contribution in [1.29, 1.82) is 0 Å². The minimum absolute atomic E-state index is 0.0146. The van der Waals surface area contributed by atoms with Crippen molar-refractivity contribution in [1.82, 2.24) is 0 Å². The van der Waals surface area contributed by atoms with E-state index in [0.29, 0.717) is 6.61 Å². The molecule has 2 aromatic rings. The second kappa shape index (κ2) is 7.29. The van der Waals surface area contributed by atoms with E-state index in [2.05, 4.69) is 0 Å². The van der Waals surface area contributed by atoms with Gasteiger partial charge in [0.1, 0.15) is 5.75 Å². The van der Waals surface area contributed by atoms with Gasteiger partial charge in [0.25, 0.3) is 0 Å². The molecule has 1 atom stereocenters. The fraction of sp³-hybridized carbons (Fsp3) is 0.316. The number of benzene rings is 2. The number of carbonyl (C=O) groups is 1. The summed E-state index contributed by atoms with van der Waals surface area (Å²) in [5, 5.41) is 10.6. The second-order valence-electron chi connectivity index (χ2n) is 5.70. The zero-order chi connectivity index (χ0) is 16.9. The van der Waals surface area contributed by atoms with Crippen LogP contribution < -0.4 is 9.64 Å². The quantitative estimate of drug-likeness (QED) is 0.890. The molecule has 4 nitrogen and oxygen atoms in total. The molecule has 0 bridgehead atoms. The van der Waals surface area contributed by atoms with Crippen molar-refractivity contribution in [2.24, 2.45) is 0 Å². The second-order valence-corrected chi connectivity index (χ2v) is 5.70. The van der Waals surface area contributed by atoms with E-state index in [1.165, 1.54) is 0 Å². The van der Waals surface area contributed by atoms with E-state index in [-0.39, 0.29) is 12.3 Å². The van der Waals surface area contributed by atoms with Crippen LogP contribution in [0.3, 0.4) is 0 Å². The van der Waals surface area contributed by atoms with Gasteiger partial charge in [-0.05, 0) is 43.7 Å². The Bertz CT molecular complexity index is 635. The van der Waals surface area contributed by atoms with Crippen LogP contribution in [0.1, 0.15) is 25.8 Å². The highest BCUT2D eigenvalue weighted by Crippen LogP contribution is 2.26. The number of hydrogen-bond acceptors (Lipinski definition) is 3. The molecule has 0 saturated carbocycles. The van der Waals surface area contributed by atoms with E-state index in [0.717, 1.165) is 17.0 Å². The largest absolute Gasteiger partial charge is 0.494 e. The summed E-state index contributed by atoms with van der Waals surface area (Å²) in [5.74, 6) is 0.622. The lowest BCUT2D eigenvalue weighted by atomic mass is 9.92. The van der Waals surface area contributed by atoms with Crippen LogP contribution in [0.25, 0.3) is 0 Å². The first-order valence-corrected chi connectivity index (χ1v) is 7.71. The number of nitrogens with zero attached hydrogens (tertiary/aromatic N) is 1. The molecular weight excluding hydrogens is 290 g/mol. The molecule has 0 heterocycles. The van der Waals surface area contributed by atoms with Crippen LogP contribution in [0.2, 0.25) is 0 Å². The van der Waals surface area contributed by atoms with Gasteiger partial charge in [0.2, 0.25) is 5.91 Å². The predicted molar refractivity (Wildman–Crippen MR) is 91.7 cm³/mol. The first-order chi connectivity index (χ1) is 10.9. The number of aliphatic hydroxyl groups is 1. The third kappa shape index (κ3) is 4.33. The Morgan fingerprint density at radius 1 is 1.13 bits per heavy atom. The minimum atomic E-state index is -1.20. The van der Waals surface area contributed by atoms with Gasteiger partial charge in [0, 0.05) is 12.7 Å². The molecule has 0 spiro atoms. The van der Waals surface area contributed by atoms with Crippen LogP contribution in [0.5, 0.6) is 5.75 Å². The highest BCUT2D eigenvalue weighted by Gasteiger charge is 2.28. The fourth-order valence-electron chi connectivity index (χ4n) is 2.39. The van der Waals surface area contributed by atoms with Gasteiger partial charge in [-0.25, -0.2) is 0 Å². The van der Waals surface area contributed by atoms with E-state index >= 15 is 0 Å². The molecule has 0 fully saturated rings. The average molecular weight is 313 g/mol. The van der Waals surface area contributed by atoms with Crippen LogP contribution >= 0.6 is 0 Å². The summed E-state index contributed by atoms with van der Waals surface area (Å²) in [7, 11) is 1.71. The summed E-state index contributed by atoms with van der Waals surface area (Å²) in [6.07, 6.45) is 0.0146. The SMILES string of the molecule is CCOc1ccc(N(C)C(=O)CC(C)(O)c2ccccc2)cc1. The Hall–Kier alpha value is -2.33. The van der Waals surface area contributed by atoms with Gasteiger partial charge < -0.3 is 14.7 Å². The normalized spacial score (nSPS) is 13.2. The summed E-state index contributed by atoms with van der Waals surface area (Å²) in [6, 6.07) is 16.6. The first-order valence-electron chi connectivity index (χ1n) is 7.71. The molecule has 2 aromatic carbocycles. The van der Waals surface area contributed by atoms with Crippen molar-refractivity contribution in [3.05, 3.63) is 60.2 Å². The standard InChI is InChI=1S/C19H23NO3/c1-4-23-17-12-10-16(11-13-17)20(3)18(21)14-19(2,22)15-8-6-5-7-9-15/h5-13,22H,4,14H2,1-3H3. The molecule has 2 rings (SSSR count). The Morgan fingerprint density at radius 3 is 2.30 bits per heavy atom. The van der Waals surface area contributed by atoms with Gasteiger partial charge in [-0.2, -0.15) is 0 Å². The Kier molecular flexibility index (Phi) is 5.40. The van der Waals surface area contributed by atoms with Crippen molar-refractivity contribution in [2.75, 3.05) is 18.6 Å². The minimum Gasteiger partial charge on any atom is -0.494 e. The van der Waals surface area contributed by atoms with E-state index in [4.69, 9.17) is 4.74 Å². The Balaban J connectivity index is 2.07. The maximum Gasteiger partial charge on any atom is 0.229 e. The lowest BCUT2D eigenvalue weighted by Gasteiger charge is -2.26. The summed E-state index contributed by atoms with van der Waals surface area (Å²) in [5.41, 5.74) is 0.300. The lowest BCUT2D eigenvalue weighted by molar-refractivity contribution is -0.123. The van der Waals surface area contributed by atoms with Crippen LogP contribution in [-0.2, 0) is 10.4 Å². The van der Waals surface area contributed by atoms with Crippen molar-refractivity contribution >= 4 is 11.6 Å². The maximum absolute atomic E-state index is 12.5. The van der Waals surface area contributed by atoms with Crippen molar-refractivity contribution in [3.63, 3.8) is 0 Å². The number of hydrogen-bond donors (Lipinski definition) is 1. The Labute approximate surface area is 137 Å². The van der Waals surface area contributed by atoms with Gasteiger partial charge in [-0.1, -0.05) is 30.3 Å². The van der Waals surface area contributed by atoms with E-state index < -0.39 is 5.60 Å². The Morgan fingerprint density at radius 2 is 1.74 bits per heavy atom. The lowest BCUT2D eigenvalue weighted by Crippen LogP contribution is -2.34. The molecule has 1 N–H and O–H groups in total. The highest BCUT2D eigenvalue weighted by molar-refractivity contribution is 5.93. The smallest absolute Gasteiger partial charge is 0.229 e. The van der Waals surface area contributed by atoms with Crippen molar-refractivity contribution < 1.29 is 14.6 Å². The molecular formula is C19H23NO3. The number of carbonyl (C=O) groups excluding carboxylic acids is 1. The third-order valence-electron chi connectivity index (χ3n) is 3.80. The molecule has 0 aliphatic heterocycles. The van der Waals surface area contributed by atoms with Crippen molar-refractivity contribution in [2.45, 2.75) is 25.9 Å². The third-order valence-corrected chi connectivity index (χ3v) is 3.80. The zero-order valence-electron chi connectivity index (χ0n) is 13.8.